The number of carbonyl (C=O) groups is 1. The largest absolute Gasteiger partial charge is 0.461 e. The van der Waals surface area contributed by atoms with Crippen LogP contribution in [0, 0.1) is 5.82 Å². The van der Waals surface area contributed by atoms with Gasteiger partial charge in [-0.05, 0) is 31.2 Å². The zero-order chi connectivity index (χ0) is 15.5. The van der Waals surface area contributed by atoms with E-state index in [9.17, 15) is 17.6 Å². The molecule has 0 spiro atoms. The van der Waals surface area contributed by atoms with E-state index in [0.29, 0.717) is 0 Å². The van der Waals surface area contributed by atoms with Gasteiger partial charge >= 0.3 is 5.97 Å². The van der Waals surface area contributed by atoms with Crippen LogP contribution in [-0.2, 0) is 14.8 Å². The third-order valence-corrected chi connectivity index (χ3v) is 4.58. The van der Waals surface area contributed by atoms with Crippen LogP contribution in [0.1, 0.15) is 17.4 Å². The number of rotatable bonds is 5. The van der Waals surface area contributed by atoms with Gasteiger partial charge < -0.3 is 4.74 Å². The Bertz CT molecular complexity index is 741. The van der Waals surface area contributed by atoms with Crippen LogP contribution < -0.4 is 4.72 Å². The number of carbonyl (C=O) groups excluding carboxylic acids is 1. The second-order valence-corrected chi connectivity index (χ2v) is 6.36. The average Bonchev–Trinajstić information content (AvgIpc) is 2.87. The zero-order valence-electron chi connectivity index (χ0n) is 10.9. The summed E-state index contributed by atoms with van der Waals surface area (Å²) in [5, 5.41) is 1.42. The lowest BCUT2D eigenvalue weighted by atomic mass is 10.4. The number of ether oxygens (including phenoxy) is 1. The van der Waals surface area contributed by atoms with Crippen LogP contribution in [0.15, 0.2) is 34.5 Å². The van der Waals surface area contributed by atoms with Gasteiger partial charge in [0.05, 0.1) is 11.5 Å². The second kappa shape index (κ2) is 6.19. The molecule has 0 saturated heterocycles. The molecular weight excluding hydrogens is 319 g/mol. The summed E-state index contributed by atoms with van der Waals surface area (Å²) < 4.78 is 43.8. The summed E-state index contributed by atoms with van der Waals surface area (Å²) in [6, 6.07) is 4.36. The summed E-state index contributed by atoms with van der Waals surface area (Å²) in [4.78, 5) is 15.2. The molecule has 2 aromatic rings. The predicted molar refractivity (Wildman–Crippen MR) is 75.3 cm³/mol. The molecule has 0 amide bonds. The van der Waals surface area contributed by atoms with Crippen molar-refractivity contribution >= 4 is 32.5 Å². The third-order valence-electron chi connectivity index (χ3n) is 2.33. The first-order valence-corrected chi connectivity index (χ1v) is 8.19. The van der Waals surface area contributed by atoms with Crippen molar-refractivity contribution in [2.45, 2.75) is 11.8 Å². The second-order valence-electron chi connectivity index (χ2n) is 3.82. The molecule has 0 aliphatic carbocycles. The molecule has 0 fully saturated rings. The minimum atomic E-state index is -3.88. The molecular formula is C12H11FN2O4S2. The summed E-state index contributed by atoms with van der Waals surface area (Å²) in [6.45, 7) is 1.86. The lowest BCUT2D eigenvalue weighted by Crippen LogP contribution is -2.13. The highest BCUT2D eigenvalue weighted by Crippen LogP contribution is 2.20. The number of thiazole rings is 1. The van der Waals surface area contributed by atoms with Gasteiger partial charge in [0.15, 0.2) is 10.8 Å². The van der Waals surface area contributed by atoms with E-state index in [1.54, 1.807) is 6.92 Å². The van der Waals surface area contributed by atoms with Gasteiger partial charge in [0.1, 0.15) is 5.82 Å². The minimum absolute atomic E-state index is 0.0265. The van der Waals surface area contributed by atoms with Gasteiger partial charge in [0.2, 0.25) is 0 Å². The summed E-state index contributed by atoms with van der Waals surface area (Å²) in [7, 11) is -3.88. The molecule has 9 heteroatoms. The van der Waals surface area contributed by atoms with Crippen molar-refractivity contribution in [3.63, 3.8) is 0 Å². The number of benzene rings is 1. The molecule has 112 valence electrons. The summed E-state index contributed by atoms with van der Waals surface area (Å²) in [5.41, 5.74) is 0.0265. The van der Waals surface area contributed by atoms with E-state index in [2.05, 4.69) is 9.71 Å². The molecule has 1 aromatic heterocycles. The first-order chi connectivity index (χ1) is 9.92. The Hall–Kier alpha value is -2.00. The normalized spacial score (nSPS) is 11.1. The number of aromatic nitrogens is 1. The SMILES string of the molecule is CCOC(=O)c1csc(NS(=O)(=O)c2ccc(F)cc2)n1. The Morgan fingerprint density at radius 2 is 2.05 bits per heavy atom. The molecule has 0 radical (unpaired) electrons. The molecule has 0 bridgehead atoms. The Balaban J connectivity index is 2.17. The predicted octanol–water partition coefficient (Wildman–Crippen LogP) is 2.26. The maximum atomic E-state index is 12.8. The van der Waals surface area contributed by atoms with Gasteiger partial charge in [0, 0.05) is 5.38 Å². The smallest absolute Gasteiger partial charge is 0.357 e. The van der Waals surface area contributed by atoms with E-state index in [1.165, 1.54) is 5.38 Å². The fraction of sp³-hybridized carbons (Fsp3) is 0.167. The molecule has 2 rings (SSSR count). The molecule has 1 aromatic carbocycles. The van der Waals surface area contributed by atoms with Crippen LogP contribution in [0.4, 0.5) is 9.52 Å². The first-order valence-electron chi connectivity index (χ1n) is 5.83. The van der Waals surface area contributed by atoms with Crippen molar-refractivity contribution in [1.82, 2.24) is 4.98 Å². The molecule has 21 heavy (non-hydrogen) atoms. The molecule has 0 saturated carbocycles. The quantitative estimate of drug-likeness (QED) is 0.850. The maximum Gasteiger partial charge on any atom is 0.357 e. The first kappa shape index (κ1) is 15.4. The van der Waals surface area contributed by atoms with Crippen LogP contribution in [-0.4, -0.2) is 26.0 Å². The van der Waals surface area contributed by atoms with Crippen molar-refractivity contribution in [3.05, 3.63) is 41.2 Å². The molecule has 0 atom stereocenters. The number of halogens is 1. The van der Waals surface area contributed by atoms with Crippen molar-refractivity contribution in [2.24, 2.45) is 0 Å². The van der Waals surface area contributed by atoms with Crippen LogP contribution in [0.3, 0.4) is 0 Å². The number of nitrogens with zero attached hydrogens (tertiary/aromatic N) is 1. The van der Waals surface area contributed by atoms with Gasteiger partial charge in [-0.15, -0.1) is 11.3 Å². The molecule has 1 N–H and O–H groups in total. The molecule has 0 unspecified atom stereocenters. The number of hydrogen-bond donors (Lipinski definition) is 1. The highest BCUT2D eigenvalue weighted by molar-refractivity contribution is 7.93. The minimum Gasteiger partial charge on any atom is -0.461 e. The van der Waals surface area contributed by atoms with Crippen molar-refractivity contribution in [1.29, 1.82) is 0 Å². The van der Waals surface area contributed by atoms with Crippen LogP contribution in [0.2, 0.25) is 0 Å². The fourth-order valence-electron chi connectivity index (χ4n) is 1.41. The number of sulfonamides is 1. The van der Waals surface area contributed by atoms with E-state index >= 15 is 0 Å². The van der Waals surface area contributed by atoms with E-state index in [1.807, 2.05) is 0 Å². The highest BCUT2D eigenvalue weighted by Gasteiger charge is 2.18. The van der Waals surface area contributed by atoms with Crippen molar-refractivity contribution in [2.75, 3.05) is 11.3 Å². The lowest BCUT2D eigenvalue weighted by molar-refractivity contribution is 0.0520. The van der Waals surface area contributed by atoms with E-state index in [0.717, 1.165) is 35.6 Å². The Labute approximate surface area is 124 Å². The Morgan fingerprint density at radius 3 is 2.67 bits per heavy atom. The lowest BCUT2D eigenvalue weighted by Gasteiger charge is -2.04. The third kappa shape index (κ3) is 3.76. The van der Waals surface area contributed by atoms with Gasteiger partial charge in [-0.3, -0.25) is 4.72 Å². The fourth-order valence-corrected chi connectivity index (χ4v) is 3.34. The van der Waals surface area contributed by atoms with Crippen molar-refractivity contribution < 1.29 is 22.3 Å². The summed E-state index contributed by atoms with van der Waals surface area (Å²) >= 11 is 0.952. The van der Waals surface area contributed by atoms with Crippen LogP contribution in [0.25, 0.3) is 0 Å². The van der Waals surface area contributed by atoms with Crippen LogP contribution in [0.5, 0.6) is 0 Å². The maximum absolute atomic E-state index is 12.8. The summed E-state index contributed by atoms with van der Waals surface area (Å²) in [5.74, 6) is -1.16. The molecule has 0 aliphatic heterocycles. The highest BCUT2D eigenvalue weighted by atomic mass is 32.2. The van der Waals surface area contributed by atoms with Gasteiger partial charge in [-0.1, -0.05) is 0 Å². The molecule has 6 nitrogen and oxygen atoms in total. The van der Waals surface area contributed by atoms with Gasteiger partial charge in [0.25, 0.3) is 10.0 Å². The molecule has 1 heterocycles. The Morgan fingerprint density at radius 1 is 1.38 bits per heavy atom. The zero-order valence-corrected chi connectivity index (χ0v) is 12.5. The summed E-state index contributed by atoms with van der Waals surface area (Å²) in [6.07, 6.45) is 0. The van der Waals surface area contributed by atoms with Crippen LogP contribution >= 0.6 is 11.3 Å². The van der Waals surface area contributed by atoms with Gasteiger partial charge in [-0.2, -0.15) is 0 Å². The number of nitrogens with one attached hydrogen (secondary N) is 1. The van der Waals surface area contributed by atoms with E-state index in [4.69, 9.17) is 4.74 Å². The topological polar surface area (TPSA) is 85.4 Å². The number of anilines is 1. The monoisotopic (exact) mass is 330 g/mol. The number of hydrogen-bond acceptors (Lipinski definition) is 6. The van der Waals surface area contributed by atoms with E-state index < -0.39 is 21.8 Å². The van der Waals surface area contributed by atoms with E-state index in [-0.39, 0.29) is 22.3 Å². The number of esters is 1. The molecule has 0 aliphatic rings. The Kier molecular flexibility index (Phi) is 4.53. The van der Waals surface area contributed by atoms with Gasteiger partial charge in [-0.25, -0.2) is 22.6 Å². The standard InChI is InChI=1S/C12H11FN2O4S2/c1-2-19-11(16)10-7-20-12(14-10)15-21(17,18)9-5-3-8(13)4-6-9/h3-7H,2H2,1H3,(H,14,15). The average molecular weight is 330 g/mol. The van der Waals surface area contributed by atoms with Crippen molar-refractivity contribution in [3.8, 4) is 0 Å².